The Kier molecular flexibility index (Phi) is 3.38. The highest BCUT2D eigenvalue weighted by atomic mass is 16.5. The van der Waals surface area contributed by atoms with Crippen molar-refractivity contribution in [1.82, 2.24) is 10.1 Å². The highest BCUT2D eigenvalue weighted by Gasteiger charge is 2.24. The molecule has 0 radical (unpaired) electrons. The summed E-state index contributed by atoms with van der Waals surface area (Å²) < 4.78 is 4.94. The summed E-state index contributed by atoms with van der Waals surface area (Å²) in [5, 5.41) is 13.4. The molecule has 90 valence electrons. The lowest BCUT2D eigenvalue weighted by Crippen LogP contribution is -2.40. The Balaban J connectivity index is 2.87. The first kappa shape index (κ1) is 12.7. The van der Waals surface area contributed by atoms with Crippen LogP contribution in [-0.4, -0.2) is 40.3 Å². The molecule has 0 aliphatic rings. The number of amides is 1. The molecule has 1 amide bonds. The molecular formula is C11H18N2O3. The highest BCUT2D eigenvalue weighted by Crippen LogP contribution is 2.15. The second-order valence-electron chi connectivity index (χ2n) is 4.67. The van der Waals surface area contributed by atoms with Crippen molar-refractivity contribution >= 4 is 5.91 Å². The smallest absolute Gasteiger partial charge is 0.259 e. The predicted molar refractivity (Wildman–Crippen MR) is 59.2 cm³/mol. The molecule has 0 aromatic carbocycles. The fraction of sp³-hybridized carbons (Fsp3) is 0.636. The van der Waals surface area contributed by atoms with Gasteiger partial charge in [0.15, 0.2) is 0 Å². The number of hydrogen-bond acceptors (Lipinski definition) is 4. The molecular weight excluding hydrogens is 208 g/mol. The van der Waals surface area contributed by atoms with Crippen molar-refractivity contribution in [3.8, 4) is 0 Å². The lowest BCUT2D eigenvalue weighted by molar-refractivity contribution is 0.0366. The summed E-state index contributed by atoms with van der Waals surface area (Å²) in [6.07, 6.45) is 0. The van der Waals surface area contributed by atoms with Gasteiger partial charge in [0, 0.05) is 13.6 Å². The third kappa shape index (κ3) is 2.82. The monoisotopic (exact) mass is 226 g/mol. The standard InChI is InChI=1S/C11H18N2O3/c1-7-9(8(2)16-12-7)10(14)13(5)6-11(3,4)15/h15H,6H2,1-5H3. The first-order valence-electron chi connectivity index (χ1n) is 5.13. The van der Waals surface area contributed by atoms with Gasteiger partial charge in [-0.25, -0.2) is 0 Å². The Morgan fingerprint density at radius 1 is 1.50 bits per heavy atom. The maximum atomic E-state index is 12.0. The number of aliphatic hydroxyl groups is 1. The number of hydrogen-bond donors (Lipinski definition) is 1. The Morgan fingerprint density at radius 3 is 2.44 bits per heavy atom. The average Bonchev–Trinajstić information content (AvgIpc) is 2.42. The number of carbonyl (C=O) groups is 1. The van der Waals surface area contributed by atoms with Gasteiger partial charge in [-0.2, -0.15) is 0 Å². The maximum Gasteiger partial charge on any atom is 0.259 e. The SMILES string of the molecule is Cc1noc(C)c1C(=O)N(C)CC(C)(C)O. The molecule has 0 aliphatic carbocycles. The number of carbonyl (C=O) groups excluding carboxylic acids is 1. The van der Waals surface area contributed by atoms with Crippen LogP contribution in [0.3, 0.4) is 0 Å². The van der Waals surface area contributed by atoms with Crippen LogP contribution in [0.15, 0.2) is 4.52 Å². The number of aromatic nitrogens is 1. The summed E-state index contributed by atoms with van der Waals surface area (Å²) >= 11 is 0. The number of nitrogens with zero attached hydrogens (tertiary/aromatic N) is 2. The van der Waals surface area contributed by atoms with Crippen molar-refractivity contribution in [3.05, 3.63) is 17.0 Å². The molecule has 0 spiro atoms. The van der Waals surface area contributed by atoms with Crippen LogP contribution in [0.5, 0.6) is 0 Å². The molecule has 0 aliphatic heterocycles. The van der Waals surface area contributed by atoms with Crippen LogP contribution in [0.2, 0.25) is 0 Å². The van der Waals surface area contributed by atoms with E-state index in [1.54, 1.807) is 34.7 Å². The van der Waals surface area contributed by atoms with Crippen LogP contribution in [0.25, 0.3) is 0 Å². The number of rotatable bonds is 3. The van der Waals surface area contributed by atoms with Gasteiger partial charge in [0.2, 0.25) is 0 Å². The van der Waals surface area contributed by atoms with E-state index in [1.807, 2.05) is 0 Å². The largest absolute Gasteiger partial charge is 0.389 e. The average molecular weight is 226 g/mol. The van der Waals surface area contributed by atoms with Crippen molar-refractivity contribution < 1.29 is 14.4 Å². The van der Waals surface area contributed by atoms with Gasteiger partial charge in [0.25, 0.3) is 5.91 Å². The summed E-state index contributed by atoms with van der Waals surface area (Å²) in [6, 6.07) is 0. The Labute approximate surface area is 95.0 Å². The zero-order valence-corrected chi connectivity index (χ0v) is 10.4. The van der Waals surface area contributed by atoms with Crippen LogP contribution in [0, 0.1) is 13.8 Å². The van der Waals surface area contributed by atoms with Gasteiger partial charge in [-0.05, 0) is 27.7 Å². The molecule has 0 atom stereocenters. The van der Waals surface area contributed by atoms with E-state index < -0.39 is 5.60 Å². The third-order valence-electron chi connectivity index (χ3n) is 2.22. The lowest BCUT2D eigenvalue weighted by atomic mass is 10.1. The van der Waals surface area contributed by atoms with E-state index in [-0.39, 0.29) is 12.5 Å². The molecule has 0 unspecified atom stereocenters. The van der Waals surface area contributed by atoms with E-state index in [0.717, 1.165) is 0 Å². The van der Waals surface area contributed by atoms with Crippen LogP contribution >= 0.6 is 0 Å². The summed E-state index contributed by atoms with van der Waals surface area (Å²) in [4.78, 5) is 13.5. The minimum Gasteiger partial charge on any atom is -0.389 e. The molecule has 5 heteroatoms. The van der Waals surface area contributed by atoms with Gasteiger partial charge in [-0.1, -0.05) is 5.16 Å². The minimum absolute atomic E-state index is 0.182. The van der Waals surface area contributed by atoms with E-state index in [9.17, 15) is 9.90 Å². The fourth-order valence-electron chi connectivity index (χ4n) is 1.63. The van der Waals surface area contributed by atoms with Crippen LogP contribution < -0.4 is 0 Å². The van der Waals surface area contributed by atoms with Crippen molar-refractivity contribution in [3.63, 3.8) is 0 Å². The van der Waals surface area contributed by atoms with Crippen molar-refractivity contribution in [2.75, 3.05) is 13.6 Å². The molecule has 1 heterocycles. The van der Waals surface area contributed by atoms with E-state index in [4.69, 9.17) is 4.52 Å². The Hall–Kier alpha value is -1.36. The zero-order chi connectivity index (χ0) is 12.5. The quantitative estimate of drug-likeness (QED) is 0.839. The zero-order valence-electron chi connectivity index (χ0n) is 10.4. The van der Waals surface area contributed by atoms with Gasteiger partial charge in [-0.15, -0.1) is 0 Å². The molecule has 5 nitrogen and oxygen atoms in total. The molecule has 0 saturated heterocycles. The minimum atomic E-state index is -0.913. The summed E-state index contributed by atoms with van der Waals surface area (Å²) in [5.41, 5.74) is 0.139. The molecule has 1 rings (SSSR count). The van der Waals surface area contributed by atoms with Gasteiger partial charge < -0.3 is 14.5 Å². The first-order valence-corrected chi connectivity index (χ1v) is 5.13. The Bertz CT molecular complexity index is 371. The number of likely N-dealkylation sites (N-methyl/N-ethyl adjacent to an activating group) is 1. The molecule has 0 fully saturated rings. The fourth-order valence-corrected chi connectivity index (χ4v) is 1.63. The van der Waals surface area contributed by atoms with Crippen molar-refractivity contribution in [1.29, 1.82) is 0 Å². The maximum absolute atomic E-state index is 12.0. The molecule has 0 bridgehead atoms. The van der Waals surface area contributed by atoms with Crippen LogP contribution in [-0.2, 0) is 0 Å². The molecule has 16 heavy (non-hydrogen) atoms. The van der Waals surface area contributed by atoms with Gasteiger partial charge in [0.05, 0.1) is 11.3 Å². The third-order valence-corrected chi connectivity index (χ3v) is 2.22. The van der Waals surface area contributed by atoms with Crippen molar-refractivity contribution in [2.45, 2.75) is 33.3 Å². The summed E-state index contributed by atoms with van der Waals surface area (Å²) in [5.74, 6) is 0.323. The van der Waals surface area contributed by atoms with Gasteiger partial charge in [-0.3, -0.25) is 4.79 Å². The van der Waals surface area contributed by atoms with Gasteiger partial charge in [0.1, 0.15) is 11.3 Å². The molecule has 1 N–H and O–H groups in total. The number of aryl methyl sites for hydroxylation is 2. The van der Waals surface area contributed by atoms with Crippen LogP contribution in [0.4, 0.5) is 0 Å². The molecule has 0 saturated carbocycles. The molecule has 1 aromatic rings. The highest BCUT2D eigenvalue weighted by molar-refractivity contribution is 5.95. The van der Waals surface area contributed by atoms with Gasteiger partial charge >= 0.3 is 0 Å². The lowest BCUT2D eigenvalue weighted by Gasteiger charge is -2.25. The first-order chi connectivity index (χ1) is 7.22. The molecule has 1 aromatic heterocycles. The van der Waals surface area contributed by atoms with E-state index >= 15 is 0 Å². The predicted octanol–water partition coefficient (Wildman–Crippen LogP) is 1.13. The normalized spacial score (nSPS) is 11.6. The topological polar surface area (TPSA) is 66.6 Å². The summed E-state index contributed by atoms with van der Waals surface area (Å²) in [7, 11) is 1.65. The van der Waals surface area contributed by atoms with E-state index in [0.29, 0.717) is 17.0 Å². The second-order valence-corrected chi connectivity index (χ2v) is 4.67. The summed E-state index contributed by atoms with van der Waals surface area (Å²) in [6.45, 7) is 7.00. The second kappa shape index (κ2) is 4.25. The Morgan fingerprint density at radius 2 is 2.06 bits per heavy atom. The van der Waals surface area contributed by atoms with Crippen molar-refractivity contribution in [2.24, 2.45) is 0 Å². The van der Waals surface area contributed by atoms with E-state index in [2.05, 4.69) is 5.16 Å². The van der Waals surface area contributed by atoms with Crippen LogP contribution in [0.1, 0.15) is 35.7 Å². The van der Waals surface area contributed by atoms with E-state index in [1.165, 1.54) is 4.90 Å².